The van der Waals surface area contributed by atoms with Gasteiger partial charge in [-0.1, -0.05) is 6.92 Å². The highest BCUT2D eigenvalue weighted by atomic mass is 35.5. The van der Waals surface area contributed by atoms with E-state index in [9.17, 15) is 9.18 Å². The van der Waals surface area contributed by atoms with Gasteiger partial charge in [-0.3, -0.25) is 4.79 Å². The summed E-state index contributed by atoms with van der Waals surface area (Å²) < 4.78 is 13.1. The lowest BCUT2D eigenvalue weighted by Crippen LogP contribution is -2.42. The molecule has 0 saturated carbocycles. The molecule has 1 aliphatic rings. The molecule has 112 valence electrons. The molecule has 0 bridgehead atoms. The highest BCUT2D eigenvalue weighted by Crippen LogP contribution is 2.17. The number of halogens is 2. The number of amides is 1. The van der Waals surface area contributed by atoms with E-state index in [1.807, 2.05) is 4.90 Å². The van der Waals surface area contributed by atoms with E-state index in [4.69, 9.17) is 0 Å². The lowest BCUT2D eigenvalue weighted by molar-refractivity contribution is 0.0691. The van der Waals surface area contributed by atoms with E-state index in [1.54, 1.807) is 13.0 Å². The van der Waals surface area contributed by atoms with Crippen molar-refractivity contribution in [3.63, 3.8) is 0 Å². The molecule has 20 heavy (non-hydrogen) atoms. The predicted molar refractivity (Wildman–Crippen MR) is 81.0 cm³/mol. The fourth-order valence-corrected chi connectivity index (χ4v) is 2.62. The first-order chi connectivity index (χ1) is 9.13. The SMILES string of the molecule is CCCN(C(=O)c1ccc(F)cc1C)C1CCNC1.Cl. The van der Waals surface area contributed by atoms with Gasteiger partial charge in [0.15, 0.2) is 0 Å². The number of benzene rings is 1. The maximum absolute atomic E-state index is 13.1. The Balaban J connectivity index is 0.00000200. The van der Waals surface area contributed by atoms with E-state index in [2.05, 4.69) is 12.2 Å². The first kappa shape index (κ1) is 16.9. The van der Waals surface area contributed by atoms with Crippen LogP contribution in [0.1, 0.15) is 35.7 Å². The van der Waals surface area contributed by atoms with Crippen LogP contribution in [-0.2, 0) is 0 Å². The molecule has 1 N–H and O–H groups in total. The zero-order valence-electron chi connectivity index (χ0n) is 12.0. The smallest absolute Gasteiger partial charge is 0.254 e. The Morgan fingerprint density at radius 2 is 2.25 bits per heavy atom. The Morgan fingerprint density at radius 3 is 2.80 bits per heavy atom. The van der Waals surface area contributed by atoms with Gasteiger partial charge in [-0.05, 0) is 50.1 Å². The summed E-state index contributed by atoms with van der Waals surface area (Å²) in [6.07, 6.45) is 1.93. The van der Waals surface area contributed by atoms with Crippen molar-refractivity contribution in [2.45, 2.75) is 32.7 Å². The molecule has 1 unspecified atom stereocenters. The standard InChI is InChI=1S/C15H21FN2O.ClH/c1-3-8-18(13-6-7-17-10-13)15(19)14-5-4-12(16)9-11(14)2;/h4-5,9,13,17H,3,6-8,10H2,1-2H3;1H. The van der Waals surface area contributed by atoms with Gasteiger partial charge in [0.1, 0.15) is 5.82 Å². The highest BCUT2D eigenvalue weighted by molar-refractivity contribution is 5.95. The Bertz CT molecular complexity index is 461. The molecule has 2 rings (SSSR count). The number of carbonyl (C=O) groups is 1. The van der Waals surface area contributed by atoms with Crippen molar-refractivity contribution in [2.75, 3.05) is 19.6 Å². The molecule has 5 heteroatoms. The average Bonchev–Trinajstić information content (AvgIpc) is 2.89. The van der Waals surface area contributed by atoms with Crippen LogP contribution in [0.4, 0.5) is 4.39 Å². The van der Waals surface area contributed by atoms with Crippen LogP contribution in [0.2, 0.25) is 0 Å². The summed E-state index contributed by atoms with van der Waals surface area (Å²) in [5.41, 5.74) is 1.32. The van der Waals surface area contributed by atoms with Crippen LogP contribution < -0.4 is 5.32 Å². The van der Waals surface area contributed by atoms with Gasteiger partial charge in [-0.2, -0.15) is 0 Å². The number of nitrogens with zero attached hydrogens (tertiary/aromatic N) is 1. The third kappa shape index (κ3) is 3.70. The molecule has 1 heterocycles. The topological polar surface area (TPSA) is 32.3 Å². The van der Waals surface area contributed by atoms with Gasteiger partial charge in [0.05, 0.1) is 0 Å². The fourth-order valence-electron chi connectivity index (χ4n) is 2.62. The first-order valence-electron chi connectivity index (χ1n) is 6.91. The van der Waals surface area contributed by atoms with E-state index in [-0.39, 0.29) is 30.2 Å². The molecule has 1 amide bonds. The maximum Gasteiger partial charge on any atom is 0.254 e. The molecular weight excluding hydrogens is 279 g/mol. The van der Waals surface area contributed by atoms with Gasteiger partial charge in [-0.25, -0.2) is 4.39 Å². The van der Waals surface area contributed by atoms with Crippen LogP contribution in [0.5, 0.6) is 0 Å². The fraction of sp³-hybridized carbons (Fsp3) is 0.533. The first-order valence-corrected chi connectivity index (χ1v) is 6.91. The van der Waals surface area contributed by atoms with Crippen molar-refractivity contribution in [3.8, 4) is 0 Å². The molecule has 1 aromatic rings. The van der Waals surface area contributed by atoms with E-state index in [1.165, 1.54) is 12.1 Å². The Morgan fingerprint density at radius 1 is 1.50 bits per heavy atom. The number of rotatable bonds is 4. The Labute approximate surface area is 125 Å². The normalized spacial score (nSPS) is 17.6. The second kappa shape index (κ2) is 7.60. The summed E-state index contributed by atoms with van der Waals surface area (Å²) in [6, 6.07) is 4.64. The molecule has 0 aliphatic carbocycles. The molecular formula is C15H22ClFN2O. The third-order valence-corrected chi connectivity index (χ3v) is 3.62. The lowest BCUT2D eigenvalue weighted by atomic mass is 10.1. The second-order valence-electron chi connectivity index (χ2n) is 5.10. The predicted octanol–water partition coefficient (Wildman–Crippen LogP) is 2.77. The van der Waals surface area contributed by atoms with Crippen LogP contribution in [0.15, 0.2) is 18.2 Å². The van der Waals surface area contributed by atoms with Crippen LogP contribution in [0, 0.1) is 12.7 Å². The van der Waals surface area contributed by atoms with E-state index in [0.29, 0.717) is 11.1 Å². The van der Waals surface area contributed by atoms with Crippen molar-refractivity contribution in [1.82, 2.24) is 10.2 Å². The van der Waals surface area contributed by atoms with E-state index < -0.39 is 0 Å². The summed E-state index contributed by atoms with van der Waals surface area (Å²) in [5, 5.41) is 3.29. The van der Waals surface area contributed by atoms with Crippen LogP contribution in [-0.4, -0.2) is 36.5 Å². The molecule has 0 spiro atoms. The van der Waals surface area contributed by atoms with Gasteiger partial charge < -0.3 is 10.2 Å². The number of hydrogen-bond donors (Lipinski definition) is 1. The van der Waals surface area contributed by atoms with Gasteiger partial charge in [-0.15, -0.1) is 12.4 Å². The zero-order valence-corrected chi connectivity index (χ0v) is 12.8. The van der Waals surface area contributed by atoms with Crippen molar-refractivity contribution in [2.24, 2.45) is 0 Å². The van der Waals surface area contributed by atoms with Crippen molar-refractivity contribution < 1.29 is 9.18 Å². The Kier molecular flexibility index (Phi) is 6.43. The summed E-state index contributed by atoms with van der Waals surface area (Å²) in [6.45, 7) is 6.42. The minimum Gasteiger partial charge on any atom is -0.334 e. The molecule has 1 saturated heterocycles. The minimum absolute atomic E-state index is 0. The molecule has 1 atom stereocenters. The minimum atomic E-state index is -0.293. The number of hydrogen-bond acceptors (Lipinski definition) is 2. The zero-order chi connectivity index (χ0) is 13.8. The van der Waals surface area contributed by atoms with Crippen LogP contribution >= 0.6 is 12.4 Å². The van der Waals surface area contributed by atoms with Gasteiger partial charge in [0.2, 0.25) is 0 Å². The summed E-state index contributed by atoms with van der Waals surface area (Å²) in [5.74, 6) is -0.272. The molecule has 1 fully saturated rings. The van der Waals surface area contributed by atoms with Crippen molar-refractivity contribution in [3.05, 3.63) is 35.1 Å². The largest absolute Gasteiger partial charge is 0.334 e. The summed E-state index contributed by atoms with van der Waals surface area (Å²) >= 11 is 0. The Hall–Kier alpha value is -1.13. The van der Waals surface area contributed by atoms with Crippen molar-refractivity contribution >= 4 is 18.3 Å². The summed E-state index contributed by atoms with van der Waals surface area (Å²) in [4.78, 5) is 14.6. The second-order valence-corrected chi connectivity index (χ2v) is 5.10. The molecule has 1 aliphatic heterocycles. The van der Waals surface area contributed by atoms with Crippen LogP contribution in [0.3, 0.4) is 0 Å². The lowest BCUT2D eigenvalue weighted by Gasteiger charge is -2.28. The number of nitrogens with one attached hydrogen (secondary N) is 1. The monoisotopic (exact) mass is 300 g/mol. The van der Waals surface area contributed by atoms with Crippen LogP contribution in [0.25, 0.3) is 0 Å². The molecule has 1 aromatic carbocycles. The number of carbonyl (C=O) groups excluding carboxylic acids is 1. The van der Waals surface area contributed by atoms with Gasteiger partial charge in [0, 0.05) is 24.7 Å². The molecule has 3 nitrogen and oxygen atoms in total. The van der Waals surface area contributed by atoms with Gasteiger partial charge in [0.25, 0.3) is 5.91 Å². The number of aryl methyl sites for hydroxylation is 1. The average molecular weight is 301 g/mol. The molecule has 0 aromatic heterocycles. The van der Waals surface area contributed by atoms with Crippen molar-refractivity contribution in [1.29, 1.82) is 0 Å². The third-order valence-electron chi connectivity index (χ3n) is 3.62. The molecule has 0 radical (unpaired) electrons. The highest BCUT2D eigenvalue weighted by Gasteiger charge is 2.27. The van der Waals surface area contributed by atoms with E-state index in [0.717, 1.165) is 32.5 Å². The van der Waals surface area contributed by atoms with Gasteiger partial charge >= 0.3 is 0 Å². The maximum atomic E-state index is 13.1. The van der Waals surface area contributed by atoms with E-state index >= 15 is 0 Å². The quantitative estimate of drug-likeness (QED) is 0.927. The summed E-state index contributed by atoms with van der Waals surface area (Å²) in [7, 11) is 0.